The molecule has 21 heavy (non-hydrogen) atoms. The third-order valence-electron chi connectivity index (χ3n) is 3.47. The molecule has 0 radical (unpaired) electrons. The van der Waals surface area contributed by atoms with Gasteiger partial charge in [-0.2, -0.15) is 0 Å². The van der Waals surface area contributed by atoms with Crippen LogP contribution in [0.15, 0.2) is 53.3 Å². The molecule has 3 aromatic rings. The smallest absolute Gasteiger partial charge is 0.267 e. The Bertz CT molecular complexity index is 902. The number of aromatic nitrogens is 2. The molecule has 2 aromatic heterocycles. The van der Waals surface area contributed by atoms with E-state index < -0.39 is 0 Å². The Kier molecular flexibility index (Phi) is 3.29. The van der Waals surface area contributed by atoms with E-state index >= 15 is 0 Å². The van der Waals surface area contributed by atoms with Crippen molar-refractivity contribution in [1.29, 1.82) is 0 Å². The van der Waals surface area contributed by atoms with E-state index in [2.05, 4.69) is 10.9 Å². The number of pyridine rings is 1. The zero-order valence-electron chi connectivity index (χ0n) is 11.7. The quantitative estimate of drug-likeness (QED) is 0.673. The van der Waals surface area contributed by atoms with E-state index in [-0.39, 0.29) is 5.56 Å². The molecule has 0 saturated carbocycles. The van der Waals surface area contributed by atoms with Gasteiger partial charge in [0.25, 0.3) is 5.56 Å². The summed E-state index contributed by atoms with van der Waals surface area (Å²) in [7, 11) is 0. The summed E-state index contributed by atoms with van der Waals surface area (Å²) in [5.74, 6) is 2.55. The van der Waals surface area contributed by atoms with Crippen LogP contribution in [0.4, 0.5) is 0 Å². The lowest BCUT2D eigenvalue weighted by atomic mass is 10.0. The normalized spacial score (nSPS) is 10.5. The fourth-order valence-electron chi connectivity index (χ4n) is 2.49. The Morgan fingerprint density at radius 2 is 1.90 bits per heavy atom. The molecule has 0 aliphatic rings. The first-order chi connectivity index (χ1) is 10.3. The van der Waals surface area contributed by atoms with E-state index in [0.29, 0.717) is 23.3 Å². The lowest BCUT2D eigenvalue weighted by molar-refractivity contribution is 0.963. The molecule has 0 aliphatic carbocycles. The molecule has 0 fully saturated rings. The molecule has 102 valence electrons. The Morgan fingerprint density at radius 3 is 2.57 bits per heavy atom. The molecule has 3 heteroatoms. The van der Waals surface area contributed by atoms with Gasteiger partial charge in [-0.3, -0.25) is 9.20 Å². The average Bonchev–Trinajstić information content (AvgIpc) is 2.54. The monoisotopic (exact) mass is 274 g/mol. The Labute approximate surface area is 122 Å². The van der Waals surface area contributed by atoms with Crippen molar-refractivity contribution in [2.24, 2.45) is 0 Å². The molecule has 0 aliphatic heterocycles. The minimum absolute atomic E-state index is 0.114. The fraction of sp³-hybridized carbons (Fsp3) is 0.111. The summed E-state index contributed by atoms with van der Waals surface area (Å²) >= 11 is 0. The number of hydrogen-bond donors (Lipinski definition) is 0. The SMILES string of the molecule is C#Cc1cccc2nc(CC)c(-c3ccccc3)c(=O)n12. The summed E-state index contributed by atoms with van der Waals surface area (Å²) in [6, 6.07) is 15.0. The van der Waals surface area contributed by atoms with Crippen LogP contribution in [-0.2, 0) is 6.42 Å². The van der Waals surface area contributed by atoms with Crippen molar-refractivity contribution in [2.45, 2.75) is 13.3 Å². The van der Waals surface area contributed by atoms with Gasteiger partial charge in [0.2, 0.25) is 0 Å². The van der Waals surface area contributed by atoms with E-state index in [9.17, 15) is 4.79 Å². The van der Waals surface area contributed by atoms with E-state index in [0.717, 1.165) is 11.3 Å². The highest BCUT2D eigenvalue weighted by molar-refractivity contribution is 5.67. The molecule has 0 N–H and O–H groups in total. The highest BCUT2D eigenvalue weighted by atomic mass is 16.1. The second kappa shape index (κ2) is 5.26. The largest absolute Gasteiger partial charge is 0.268 e. The van der Waals surface area contributed by atoms with Gasteiger partial charge in [-0.05, 0) is 24.1 Å². The second-order valence-corrected chi connectivity index (χ2v) is 4.71. The van der Waals surface area contributed by atoms with E-state index in [4.69, 9.17) is 6.42 Å². The van der Waals surface area contributed by atoms with Crippen LogP contribution in [0.1, 0.15) is 18.3 Å². The third kappa shape index (κ3) is 2.11. The number of terminal acetylenes is 1. The second-order valence-electron chi connectivity index (χ2n) is 4.71. The lowest BCUT2D eigenvalue weighted by Crippen LogP contribution is -2.21. The molecule has 0 atom stereocenters. The van der Waals surface area contributed by atoms with Crippen LogP contribution in [-0.4, -0.2) is 9.38 Å². The van der Waals surface area contributed by atoms with Crippen LogP contribution in [0.25, 0.3) is 16.8 Å². The van der Waals surface area contributed by atoms with Crippen LogP contribution in [0.5, 0.6) is 0 Å². The molecule has 2 heterocycles. The van der Waals surface area contributed by atoms with Gasteiger partial charge in [0.1, 0.15) is 11.3 Å². The first kappa shape index (κ1) is 13.1. The van der Waals surface area contributed by atoms with Gasteiger partial charge in [-0.25, -0.2) is 4.98 Å². The zero-order valence-corrected chi connectivity index (χ0v) is 11.7. The number of hydrogen-bond acceptors (Lipinski definition) is 2. The minimum Gasteiger partial charge on any atom is -0.268 e. The number of nitrogens with zero attached hydrogens (tertiary/aromatic N) is 2. The summed E-state index contributed by atoms with van der Waals surface area (Å²) in [6.07, 6.45) is 6.20. The zero-order chi connectivity index (χ0) is 14.8. The van der Waals surface area contributed by atoms with E-state index in [1.54, 1.807) is 12.1 Å². The van der Waals surface area contributed by atoms with Crippen molar-refractivity contribution >= 4 is 5.65 Å². The molecule has 1 aromatic carbocycles. The summed E-state index contributed by atoms with van der Waals surface area (Å²) in [6.45, 7) is 2.00. The van der Waals surface area contributed by atoms with Crippen molar-refractivity contribution in [3.8, 4) is 23.5 Å². The average molecular weight is 274 g/mol. The molecule has 0 unspecified atom stereocenters. The summed E-state index contributed by atoms with van der Waals surface area (Å²) in [5.41, 5.74) is 3.28. The third-order valence-corrected chi connectivity index (χ3v) is 3.47. The van der Waals surface area contributed by atoms with Gasteiger partial charge >= 0.3 is 0 Å². The molecular formula is C18H14N2O. The fourth-order valence-corrected chi connectivity index (χ4v) is 2.49. The maximum atomic E-state index is 12.9. The number of aryl methyl sites for hydroxylation is 1. The van der Waals surface area contributed by atoms with Crippen molar-refractivity contribution in [3.05, 3.63) is 70.3 Å². The van der Waals surface area contributed by atoms with E-state index in [1.807, 2.05) is 43.3 Å². The van der Waals surface area contributed by atoms with Crippen LogP contribution in [0.2, 0.25) is 0 Å². The predicted octanol–water partition coefficient (Wildman–Crippen LogP) is 2.91. The van der Waals surface area contributed by atoms with Gasteiger partial charge in [-0.15, -0.1) is 6.42 Å². The maximum absolute atomic E-state index is 12.9. The summed E-state index contributed by atoms with van der Waals surface area (Å²) < 4.78 is 1.50. The topological polar surface area (TPSA) is 34.4 Å². The van der Waals surface area contributed by atoms with Gasteiger partial charge in [0, 0.05) is 0 Å². The number of benzene rings is 1. The molecular weight excluding hydrogens is 260 g/mol. The van der Waals surface area contributed by atoms with Crippen LogP contribution < -0.4 is 5.56 Å². The Hall–Kier alpha value is -2.86. The van der Waals surface area contributed by atoms with Crippen molar-refractivity contribution in [3.63, 3.8) is 0 Å². The highest BCUT2D eigenvalue weighted by Crippen LogP contribution is 2.20. The number of fused-ring (bicyclic) bond motifs is 1. The van der Waals surface area contributed by atoms with Gasteiger partial charge in [-0.1, -0.05) is 49.2 Å². The van der Waals surface area contributed by atoms with Gasteiger partial charge < -0.3 is 0 Å². The molecule has 3 nitrogen and oxygen atoms in total. The first-order valence-corrected chi connectivity index (χ1v) is 6.83. The van der Waals surface area contributed by atoms with E-state index in [1.165, 1.54) is 4.40 Å². The standard InChI is InChI=1S/C18H14N2O/c1-3-14-11-8-12-16-19-15(4-2)17(18(21)20(14)16)13-9-6-5-7-10-13/h1,5-12H,4H2,2H3. The van der Waals surface area contributed by atoms with Gasteiger partial charge in [0.05, 0.1) is 11.3 Å². The number of rotatable bonds is 2. The predicted molar refractivity (Wildman–Crippen MR) is 84.2 cm³/mol. The van der Waals surface area contributed by atoms with Crippen molar-refractivity contribution in [2.75, 3.05) is 0 Å². The molecule has 0 bridgehead atoms. The minimum atomic E-state index is -0.114. The Morgan fingerprint density at radius 1 is 1.14 bits per heavy atom. The van der Waals surface area contributed by atoms with Crippen molar-refractivity contribution in [1.82, 2.24) is 9.38 Å². The Balaban J connectivity index is 2.47. The summed E-state index contributed by atoms with van der Waals surface area (Å²) in [5, 5.41) is 0. The van der Waals surface area contributed by atoms with Crippen LogP contribution >= 0.6 is 0 Å². The maximum Gasteiger partial charge on any atom is 0.267 e. The summed E-state index contributed by atoms with van der Waals surface area (Å²) in [4.78, 5) is 17.5. The first-order valence-electron chi connectivity index (χ1n) is 6.83. The molecule has 0 saturated heterocycles. The highest BCUT2D eigenvalue weighted by Gasteiger charge is 2.14. The van der Waals surface area contributed by atoms with Crippen LogP contribution in [0, 0.1) is 12.3 Å². The van der Waals surface area contributed by atoms with Crippen LogP contribution in [0.3, 0.4) is 0 Å². The van der Waals surface area contributed by atoms with Gasteiger partial charge in [0.15, 0.2) is 0 Å². The molecule has 3 rings (SSSR count). The molecule has 0 spiro atoms. The lowest BCUT2D eigenvalue weighted by Gasteiger charge is -2.11. The molecule has 0 amide bonds. The van der Waals surface area contributed by atoms with Crippen molar-refractivity contribution < 1.29 is 0 Å².